The Balaban J connectivity index is 2.40. The van der Waals surface area contributed by atoms with Crippen molar-refractivity contribution in [2.45, 2.75) is 6.54 Å². The molecule has 5 heteroatoms. The van der Waals surface area contributed by atoms with Crippen LogP contribution in [0.4, 0.5) is 5.69 Å². The van der Waals surface area contributed by atoms with Crippen LogP contribution in [-0.2, 0) is 6.54 Å². The lowest BCUT2D eigenvalue weighted by molar-refractivity contribution is 0.395. The third-order valence-electron chi connectivity index (χ3n) is 2.82. The lowest BCUT2D eigenvalue weighted by Crippen LogP contribution is -2.08. The summed E-state index contributed by atoms with van der Waals surface area (Å²) in [6.45, 7) is 0.292. The Morgan fingerprint density at radius 3 is 2.37 bits per heavy atom. The molecular weight excluding hydrogens is 240 g/mol. The van der Waals surface area contributed by atoms with Crippen molar-refractivity contribution >= 4 is 5.69 Å². The first-order chi connectivity index (χ1) is 9.13. The molecule has 0 bridgehead atoms. The zero-order chi connectivity index (χ0) is 13.8. The number of rotatable bonds is 4. The number of hydrogen-bond acceptors (Lipinski definition) is 5. The number of ether oxygens (including phenoxy) is 1. The predicted octanol–water partition coefficient (Wildman–Crippen LogP) is 1.68. The van der Waals surface area contributed by atoms with Crippen LogP contribution in [0.3, 0.4) is 0 Å². The highest BCUT2D eigenvalue weighted by Crippen LogP contribution is 2.23. The van der Waals surface area contributed by atoms with Crippen LogP contribution in [0.2, 0.25) is 0 Å². The highest BCUT2D eigenvalue weighted by Gasteiger charge is 2.06. The molecule has 0 fully saturated rings. The summed E-state index contributed by atoms with van der Waals surface area (Å²) < 4.78 is 5.17. The zero-order valence-corrected chi connectivity index (χ0v) is 11.4. The smallest absolute Gasteiger partial charge is 0.216 e. The van der Waals surface area contributed by atoms with Gasteiger partial charge in [0.1, 0.15) is 5.82 Å². The lowest BCUT2D eigenvalue weighted by atomic mass is 10.1. The maximum absolute atomic E-state index is 5.60. The van der Waals surface area contributed by atoms with Crippen LogP contribution in [-0.4, -0.2) is 31.2 Å². The molecular formula is C14H18N4O. The summed E-state index contributed by atoms with van der Waals surface area (Å²) in [5.74, 6) is 1.10. The summed E-state index contributed by atoms with van der Waals surface area (Å²) >= 11 is 0. The summed E-state index contributed by atoms with van der Waals surface area (Å²) in [6, 6.07) is 9.96. The van der Waals surface area contributed by atoms with Gasteiger partial charge in [-0.3, -0.25) is 0 Å². The number of hydrogen-bond donors (Lipinski definition) is 1. The largest absolute Gasteiger partial charge is 0.481 e. The second kappa shape index (κ2) is 5.67. The fourth-order valence-electron chi connectivity index (χ4n) is 1.75. The van der Waals surface area contributed by atoms with Crippen molar-refractivity contribution in [3.05, 3.63) is 36.2 Å². The molecule has 2 N–H and O–H groups in total. The average molecular weight is 258 g/mol. The minimum absolute atomic E-state index is 0.292. The van der Waals surface area contributed by atoms with Gasteiger partial charge in [0, 0.05) is 31.4 Å². The Hall–Kier alpha value is -2.14. The summed E-state index contributed by atoms with van der Waals surface area (Å²) in [5.41, 5.74) is 8.57. The molecule has 0 unspecified atom stereocenters. The van der Waals surface area contributed by atoms with Gasteiger partial charge < -0.3 is 15.4 Å². The highest BCUT2D eigenvalue weighted by molar-refractivity contribution is 5.63. The van der Waals surface area contributed by atoms with Crippen LogP contribution >= 0.6 is 0 Å². The molecule has 0 aliphatic heterocycles. The standard InChI is InChI=1S/C14H18N4O/c1-18(2)11-6-4-10(5-7-11)12-8-14(19-3)17-13(9-15)16-12/h4-8H,9,15H2,1-3H3. The number of nitrogens with zero attached hydrogens (tertiary/aromatic N) is 3. The molecule has 0 spiro atoms. The molecule has 0 radical (unpaired) electrons. The van der Waals surface area contributed by atoms with Gasteiger partial charge in [-0.25, -0.2) is 4.98 Å². The predicted molar refractivity (Wildman–Crippen MR) is 76.2 cm³/mol. The third-order valence-corrected chi connectivity index (χ3v) is 2.82. The molecule has 0 saturated heterocycles. The van der Waals surface area contributed by atoms with Gasteiger partial charge in [-0.2, -0.15) is 4.98 Å². The van der Waals surface area contributed by atoms with Gasteiger partial charge in [-0.15, -0.1) is 0 Å². The van der Waals surface area contributed by atoms with Crippen LogP contribution in [0.5, 0.6) is 5.88 Å². The number of nitrogens with two attached hydrogens (primary N) is 1. The minimum atomic E-state index is 0.292. The lowest BCUT2D eigenvalue weighted by Gasteiger charge is -2.13. The van der Waals surface area contributed by atoms with Crippen LogP contribution in [0, 0.1) is 0 Å². The number of methoxy groups -OCH3 is 1. The Morgan fingerprint density at radius 2 is 1.84 bits per heavy atom. The summed E-state index contributed by atoms with van der Waals surface area (Å²) in [4.78, 5) is 10.6. The van der Waals surface area contributed by atoms with Crippen molar-refractivity contribution in [3.8, 4) is 17.1 Å². The maximum atomic E-state index is 5.60. The van der Waals surface area contributed by atoms with E-state index < -0.39 is 0 Å². The van der Waals surface area contributed by atoms with Crippen molar-refractivity contribution in [3.63, 3.8) is 0 Å². The number of aromatic nitrogens is 2. The van der Waals surface area contributed by atoms with E-state index in [1.807, 2.05) is 44.4 Å². The summed E-state index contributed by atoms with van der Waals surface area (Å²) in [6.07, 6.45) is 0. The van der Waals surface area contributed by atoms with Gasteiger partial charge in [0.25, 0.3) is 0 Å². The van der Waals surface area contributed by atoms with Gasteiger partial charge in [0.15, 0.2) is 0 Å². The summed E-state index contributed by atoms with van der Waals surface area (Å²) in [7, 11) is 5.60. The maximum Gasteiger partial charge on any atom is 0.216 e. The third kappa shape index (κ3) is 3.00. The van der Waals surface area contributed by atoms with Crippen LogP contribution in [0.15, 0.2) is 30.3 Å². The quantitative estimate of drug-likeness (QED) is 0.904. The van der Waals surface area contributed by atoms with Crippen LogP contribution in [0.25, 0.3) is 11.3 Å². The van der Waals surface area contributed by atoms with Crippen molar-refractivity contribution < 1.29 is 4.74 Å². The fraction of sp³-hybridized carbons (Fsp3) is 0.286. The minimum Gasteiger partial charge on any atom is -0.481 e. The molecule has 2 rings (SSSR count). The van der Waals surface area contributed by atoms with Gasteiger partial charge in [0.2, 0.25) is 5.88 Å². The molecule has 5 nitrogen and oxygen atoms in total. The Morgan fingerprint density at radius 1 is 1.16 bits per heavy atom. The molecule has 100 valence electrons. The van der Waals surface area contributed by atoms with Crippen molar-refractivity contribution in [2.75, 3.05) is 26.1 Å². The normalized spacial score (nSPS) is 10.3. The second-order valence-corrected chi connectivity index (χ2v) is 4.36. The molecule has 1 heterocycles. The topological polar surface area (TPSA) is 64.3 Å². The molecule has 0 amide bonds. The molecule has 1 aromatic heterocycles. The van der Waals surface area contributed by atoms with Crippen LogP contribution < -0.4 is 15.4 Å². The van der Waals surface area contributed by atoms with Gasteiger partial charge in [-0.1, -0.05) is 12.1 Å². The first-order valence-electron chi connectivity index (χ1n) is 6.04. The van der Waals surface area contributed by atoms with E-state index in [0.717, 1.165) is 16.9 Å². The molecule has 1 aromatic carbocycles. The monoisotopic (exact) mass is 258 g/mol. The van der Waals surface area contributed by atoms with E-state index in [9.17, 15) is 0 Å². The van der Waals surface area contributed by atoms with E-state index in [4.69, 9.17) is 10.5 Å². The van der Waals surface area contributed by atoms with E-state index in [1.165, 1.54) is 0 Å². The highest BCUT2D eigenvalue weighted by atomic mass is 16.5. The molecule has 2 aromatic rings. The molecule has 0 atom stereocenters. The summed E-state index contributed by atoms with van der Waals surface area (Å²) in [5, 5.41) is 0. The van der Waals surface area contributed by atoms with Gasteiger partial charge >= 0.3 is 0 Å². The van der Waals surface area contributed by atoms with E-state index in [2.05, 4.69) is 14.9 Å². The van der Waals surface area contributed by atoms with E-state index in [-0.39, 0.29) is 0 Å². The van der Waals surface area contributed by atoms with Gasteiger partial charge in [-0.05, 0) is 12.1 Å². The van der Waals surface area contributed by atoms with Crippen LogP contribution in [0.1, 0.15) is 5.82 Å². The van der Waals surface area contributed by atoms with E-state index in [0.29, 0.717) is 18.2 Å². The Labute approximate surface area is 113 Å². The van der Waals surface area contributed by atoms with Gasteiger partial charge in [0.05, 0.1) is 19.3 Å². The first kappa shape index (κ1) is 13.3. The van der Waals surface area contributed by atoms with Crippen molar-refractivity contribution in [2.24, 2.45) is 5.73 Å². The SMILES string of the molecule is COc1cc(-c2ccc(N(C)C)cc2)nc(CN)n1. The number of anilines is 1. The molecule has 0 aliphatic carbocycles. The Kier molecular flexibility index (Phi) is 3.97. The molecule has 19 heavy (non-hydrogen) atoms. The van der Waals surface area contributed by atoms with E-state index in [1.54, 1.807) is 7.11 Å². The first-order valence-corrected chi connectivity index (χ1v) is 6.04. The molecule has 0 aliphatic rings. The zero-order valence-electron chi connectivity index (χ0n) is 11.4. The second-order valence-electron chi connectivity index (χ2n) is 4.36. The average Bonchev–Trinajstić information content (AvgIpc) is 2.46. The van der Waals surface area contributed by atoms with E-state index >= 15 is 0 Å². The number of benzene rings is 1. The van der Waals surface area contributed by atoms with Crippen molar-refractivity contribution in [1.82, 2.24) is 9.97 Å². The fourth-order valence-corrected chi connectivity index (χ4v) is 1.75. The van der Waals surface area contributed by atoms with Crippen molar-refractivity contribution in [1.29, 1.82) is 0 Å². The molecule has 0 saturated carbocycles. The Bertz CT molecular complexity index is 530.